The molecule has 0 spiro atoms. The first-order valence-corrected chi connectivity index (χ1v) is 6.94. The Morgan fingerprint density at radius 1 is 1.56 bits per heavy atom. The summed E-state index contributed by atoms with van der Waals surface area (Å²) in [7, 11) is 1.92. The molecule has 0 saturated heterocycles. The maximum Gasteiger partial charge on any atom is 0.114 e. The van der Waals surface area contributed by atoms with Crippen LogP contribution in [0.2, 0.25) is 0 Å². The Bertz CT molecular complexity index is 506. The van der Waals surface area contributed by atoms with Gasteiger partial charge in [0.05, 0.1) is 17.7 Å². The maximum atomic E-state index is 6.24. The van der Waals surface area contributed by atoms with Gasteiger partial charge in [-0.05, 0) is 19.4 Å². The zero-order chi connectivity index (χ0) is 13.1. The zero-order valence-electron chi connectivity index (χ0n) is 11.0. The van der Waals surface area contributed by atoms with Crippen molar-refractivity contribution in [1.82, 2.24) is 9.78 Å². The highest BCUT2D eigenvalue weighted by Crippen LogP contribution is 2.39. The van der Waals surface area contributed by atoms with E-state index in [1.807, 2.05) is 37.1 Å². The Morgan fingerprint density at radius 2 is 2.33 bits per heavy atom. The van der Waals surface area contributed by atoms with Gasteiger partial charge in [0.1, 0.15) is 5.76 Å². The monoisotopic (exact) mass is 265 g/mol. The third-order valence-corrected chi connectivity index (χ3v) is 4.53. The molecular weight excluding hydrogens is 246 g/mol. The van der Waals surface area contributed by atoms with Crippen LogP contribution in [0.25, 0.3) is 0 Å². The van der Waals surface area contributed by atoms with Crippen LogP contribution in [0.15, 0.2) is 34.0 Å². The van der Waals surface area contributed by atoms with Crippen LogP contribution in [0.4, 0.5) is 0 Å². The second-order valence-corrected chi connectivity index (χ2v) is 5.58. The predicted octanol–water partition coefficient (Wildman–Crippen LogP) is 2.89. The largest absolute Gasteiger partial charge is 0.468 e. The van der Waals surface area contributed by atoms with Gasteiger partial charge < -0.3 is 10.2 Å². The van der Waals surface area contributed by atoms with E-state index in [4.69, 9.17) is 10.2 Å². The lowest BCUT2D eigenvalue weighted by molar-refractivity contribution is 0.526. The number of nitrogens with zero attached hydrogens (tertiary/aromatic N) is 2. The average molecular weight is 265 g/mol. The van der Waals surface area contributed by atoms with E-state index in [2.05, 4.69) is 12.0 Å². The normalized spacial score (nSPS) is 14.7. The molecule has 0 aliphatic carbocycles. The van der Waals surface area contributed by atoms with Crippen LogP contribution in [0, 0.1) is 6.92 Å². The lowest BCUT2D eigenvalue weighted by Gasteiger charge is -2.20. The van der Waals surface area contributed by atoms with Crippen LogP contribution < -0.4 is 5.73 Å². The molecule has 2 heterocycles. The number of rotatable bonds is 5. The maximum absolute atomic E-state index is 6.24. The summed E-state index contributed by atoms with van der Waals surface area (Å²) < 4.78 is 7.15. The number of aryl methyl sites for hydroxylation is 2. The quantitative estimate of drug-likeness (QED) is 0.845. The SMILES string of the molecule is CCC(N)C(Sc1ccoc1C)c1cnn(C)c1. The molecule has 2 atom stereocenters. The first kappa shape index (κ1) is 13.2. The van der Waals surface area contributed by atoms with E-state index in [-0.39, 0.29) is 11.3 Å². The van der Waals surface area contributed by atoms with E-state index in [1.54, 1.807) is 18.0 Å². The molecular formula is C13H19N3OS. The lowest BCUT2D eigenvalue weighted by atomic mass is 10.1. The van der Waals surface area contributed by atoms with Gasteiger partial charge in [0, 0.05) is 29.7 Å². The van der Waals surface area contributed by atoms with E-state index in [1.165, 1.54) is 0 Å². The van der Waals surface area contributed by atoms with Crippen LogP contribution >= 0.6 is 11.8 Å². The van der Waals surface area contributed by atoms with Crippen molar-refractivity contribution in [1.29, 1.82) is 0 Å². The molecule has 4 nitrogen and oxygen atoms in total. The van der Waals surface area contributed by atoms with Crippen LogP contribution in [-0.4, -0.2) is 15.8 Å². The van der Waals surface area contributed by atoms with Gasteiger partial charge in [0.2, 0.25) is 0 Å². The van der Waals surface area contributed by atoms with E-state index in [0.29, 0.717) is 0 Å². The van der Waals surface area contributed by atoms with Crippen molar-refractivity contribution in [2.75, 3.05) is 0 Å². The smallest absolute Gasteiger partial charge is 0.114 e. The molecule has 0 amide bonds. The Hall–Kier alpha value is -1.20. The summed E-state index contributed by atoms with van der Waals surface area (Å²) in [6, 6.07) is 2.10. The fraction of sp³-hybridized carbons (Fsp3) is 0.462. The molecule has 2 aromatic rings. The molecule has 0 aliphatic heterocycles. The summed E-state index contributed by atoms with van der Waals surface area (Å²) in [4.78, 5) is 1.15. The van der Waals surface area contributed by atoms with Crippen molar-refractivity contribution in [2.24, 2.45) is 12.8 Å². The number of thioether (sulfide) groups is 1. The van der Waals surface area contributed by atoms with Gasteiger partial charge >= 0.3 is 0 Å². The first-order chi connectivity index (χ1) is 8.61. The van der Waals surface area contributed by atoms with Gasteiger partial charge in [-0.3, -0.25) is 4.68 Å². The Balaban J connectivity index is 2.23. The summed E-state index contributed by atoms with van der Waals surface area (Å²) in [5.41, 5.74) is 7.40. The Labute approximate surface area is 112 Å². The highest BCUT2D eigenvalue weighted by Gasteiger charge is 2.22. The molecule has 0 bridgehead atoms. The minimum Gasteiger partial charge on any atom is -0.468 e. The Morgan fingerprint density at radius 3 is 2.83 bits per heavy atom. The summed E-state index contributed by atoms with van der Waals surface area (Å²) in [5, 5.41) is 4.44. The summed E-state index contributed by atoms with van der Waals surface area (Å²) in [5.74, 6) is 0.942. The minimum absolute atomic E-state index is 0.105. The number of nitrogens with two attached hydrogens (primary N) is 1. The van der Waals surface area contributed by atoms with Gasteiger partial charge in [-0.1, -0.05) is 6.92 Å². The van der Waals surface area contributed by atoms with Crippen LogP contribution in [0.5, 0.6) is 0 Å². The molecule has 5 heteroatoms. The number of aromatic nitrogens is 2. The van der Waals surface area contributed by atoms with Gasteiger partial charge in [-0.15, -0.1) is 11.8 Å². The molecule has 2 unspecified atom stereocenters. The molecule has 0 radical (unpaired) electrons. The number of furan rings is 1. The molecule has 0 fully saturated rings. The molecule has 0 aliphatic rings. The van der Waals surface area contributed by atoms with Gasteiger partial charge in [0.15, 0.2) is 0 Å². The van der Waals surface area contributed by atoms with E-state index < -0.39 is 0 Å². The fourth-order valence-corrected chi connectivity index (χ4v) is 3.08. The molecule has 2 rings (SSSR count). The van der Waals surface area contributed by atoms with Crippen molar-refractivity contribution >= 4 is 11.8 Å². The molecule has 98 valence electrons. The third-order valence-electron chi connectivity index (χ3n) is 2.98. The molecule has 0 saturated carbocycles. The molecule has 2 N–H and O–H groups in total. The van der Waals surface area contributed by atoms with Crippen LogP contribution in [0.1, 0.15) is 29.9 Å². The molecule has 0 aromatic carbocycles. The Kier molecular flexibility index (Phi) is 4.14. The van der Waals surface area contributed by atoms with Crippen molar-refractivity contribution in [3.63, 3.8) is 0 Å². The topological polar surface area (TPSA) is 57.0 Å². The van der Waals surface area contributed by atoms with E-state index in [9.17, 15) is 0 Å². The summed E-state index contributed by atoms with van der Waals surface area (Å²) in [6.45, 7) is 4.08. The van der Waals surface area contributed by atoms with Gasteiger partial charge in [-0.25, -0.2) is 0 Å². The number of hydrogen-bond donors (Lipinski definition) is 1. The lowest BCUT2D eigenvalue weighted by Crippen LogP contribution is -2.25. The highest BCUT2D eigenvalue weighted by atomic mass is 32.2. The second-order valence-electron chi connectivity index (χ2n) is 4.40. The first-order valence-electron chi connectivity index (χ1n) is 6.06. The van der Waals surface area contributed by atoms with Crippen molar-refractivity contribution in [2.45, 2.75) is 36.5 Å². The zero-order valence-corrected chi connectivity index (χ0v) is 11.8. The van der Waals surface area contributed by atoms with Crippen molar-refractivity contribution in [3.05, 3.63) is 36.0 Å². The van der Waals surface area contributed by atoms with Gasteiger partial charge in [0.25, 0.3) is 0 Å². The van der Waals surface area contributed by atoms with E-state index >= 15 is 0 Å². The summed E-state index contributed by atoms with van der Waals surface area (Å²) >= 11 is 1.75. The molecule has 18 heavy (non-hydrogen) atoms. The van der Waals surface area contributed by atoms with E-state index in [0.717, 1.165) is 22.6 Å². The van der Waals surface area contributed by atoms with Crippen molar-refractivity contribution < 1.29 is 4.42 Å². The minimum atomic E-state index is 0.105. The van der Waals surface area contributed by atoms with Gasteiger partial charge in [-0.2, -0.15) is 5.10 Å². The van der Waals surface area contributed by atoms with Crippen molar-refractivity contribution in [3.8, 4) is 0 Å². The standard InChI is InChI=1S/C13H19N3OS/c1-4-11(14)13(10-7-15-16(3)8-10)18-12-5-6-17-9(12)2/h5-8,11,13H,4,14H2,1-3H3. The third kappa shape index (κ3) is 2.79. The van der Waals surface area contributed by atoms with Crippen LogP contribution in [0.3, 0.4) is 0 Å². The highest BCUT2D eigenvalue weighted by molar-refractivity contribution is 7.99. The molecule has 2 aromatic heterocycles. The fourth-order valence-electron chi connectivity index (χ4n) is 1.84. The number of hydrogen-bond acceptors (Lipinski definition) is 4. The second kappa shape index (κ2) is 5.63. The van der Waals surface area contributed by atoms with Crippen LogP contribution in [-0.2, 0) is 7.05 Å². The summed E-state index contributed by atoms with van der Waals surface area (Å²) in [6.07, 6.45) is 6.57. The average Bonchev–Trinajstić information content (AvgIpc) is 2.94. The predicted molar refractivity (Wildman–Crippen MR) is 73.5 cm³/mol.